The van der Waals surface area contributed by atoms with Crippen molar-refractivity contribution in [1.29, 1.82) is 0 Å². The zero-order valence-corrected chi connectivity index (χ0v) is 16.0. The summed E-state index contributed by atoms with van der Waals surface area (Å²) in [5, 5.41) is 5.88. The lowest BCUT2D eigenvalue weighted by molar-refractivity contribution is 0.875. The van der Waals surface area contributed by atoms with Gasteiger partial charge in [-0.2, -0.15) is 5.10 Å². The molecule has 0 spiro atoms. The average molecular weight is 392 g/mol. The Hall–Kier alpha value is -2.46. The molecule has 0 unspecified atom stereocenters. The van der Waals surface area contributed by atoms with E-state index in [0.29, 0.717) is 0 Å². The third-order valence-electron chi connectivity index (χ3n) is 4.63. The minimum atomic E-state index is 0.890. The second kappa shape index (κ2) is 6.12. The Kier molecular flexibility index (Phi) is 3.92. The maximum atomic E-state index is 4.78. The molecule has 0 saturated heterocycles. The molecule has 0 atom stereocenters. The van der Waals surface area contributed by atoms with Crippen molar-refractivity contribution in [3.8, 4) is 16.8 Å². The Morgan fingerprint density at radius 1 is 0.880 bits per heavy atom. The number of rotatable bonds is 2. The van der Waals surface area contributed by atoms with E-state index in [1.807, 2.05) is 17.8 Å². The highest BCUT2D eigenvalue weighted by Gasteiger charge is 2.15. The lowest BCUT2D eigenvalue weighted by Crippen LogP contribution is -1.99. The van der Waals surface area contributed by atoms with Gasteiger partial charge in [-0.3, -0.25) is 0 Å². The molecular weight excluding hydrogens is 374 g/mol. The van der Waals surface area contributed by atoms with Crippen LogP contribution in [0.1, 0.15) is 16.8 Å². The molecule has 4 aromatic rings. The molecule has 0 N–H and O–H groups in total. The highest BCUT2D eigenvalue weighted by atomic mass is 79.9. The highest BCUT2D eigenvalue weighted by molar-refractivity contribution is 9.10. The van der Waals surface area contributed by atoms with E-state index in [2.05, 4.69) is 83.3 Å². The van der Waals surface area contributed by atoms with Crippen molar-refractivity contribution in [3.05, 3.63) is 76.0 Å². The van der Waals surface area contributed by atoms with Crippen LogP contribution in [0.25, 0.3) is 27.8 Å². The van der Waals surface area contributed by atoms with Crippen LogP contribution >= 0.6 is 15.9 Å². The molecule has 4 heteroatoms. The summed E-state index contributed by atoms with van der Waals surface area (Å²) < 4.78 is 3.02. The van der Waals surface area contributed by atoms with Crippen LogP contribution in [0.5, 0.6) is 0 Å². The second-order valence-electron chi connectivity index (χ2n) is 6.33. The molecule has 0 fully saturated rings. The van der Waals surface area contributed by atoms with Crippen LogP contribution in [0.4, 0.5) is 0 Å². The van der Waals surface area contributed by atoms with Crippen molar-refractivity contribution in [1.82, 2.24) is 14.8 Å². The van der Waals surface area contributed by atoms with Crippen LogP contribution in [0.15, 0.2) is 59.2 Å². The van der Waals surface area contributed by atoms with E-state index in [4.69, 9.17) is 5.10 Å². The van der Waals surface area contributed by atoms with E-state index in [1.165, 1.54) is 16.7 Å². The first-order valence-corrected chi connectivity index (χ1v) is 9.02. The maximum absolute atomic E-state index is 4.78. The van der Waals surface area contributed by atoms with E-state index in [0.717, 1.165) is 32.5 Å². The number of pyridine rings is 1. The minimum absolute atomic E-state index is 0.890. The van der Waals surface area contributed by atoms with E-state index < -0.39 is 0 Å². The Balaban J connectivity index is 1.96. The first-order chi connectivity index (χ1) is 12.0. The molecule has 2 aromatic carbocycles. The van der Waals surface area contributed by atoms with Crippen LogP contribution in [-0.2, 0) is 0 Å². The third-order valence-corrected chi connectivity index (χ3v) is 5.16. The largest absolute Gasteiger partial charge is 0.236 e. The van der Waals surface area contributed by atoms with Gasteiger partial charge in [0.2, 0.25) is 0 Å². The topological polar surface area (TPSA) is 30.7 Å². The molecule has 4 rings (SSSR count). The third kappa shape index (κ3) is 2.76. The molecular formula is C21H18BrN3. The smallest absolute Gasteiger partial charge is 0.163 e. The fourth-order valence-electron chi connectivity index (χ4n) is 3.12. The van der Waals surface area contributed by atoms with Crippen LogP contribution in [0.3, 0.4) is 0 Å². The minimum Gasteiger partial charge on any atom is -0.236 e. The lowest BCUT2D eigenvalue weighted by Gasteiger charge is -2.07. The molecule has 2 heterocycles. The molecule has 0 aliphatic rings. The van der Waals surface area contributed by atoms with Gasteiger partial charge in [0.1, 0.15) is 0 Å². The van der Waals surface area contributed by atoms with Crippen molar-refractivity contribution >= 4 is 27.0 Å². The number of hydrogen-bond acceptors (Lipinski definition) is 2. The lowest BCUT2D eigenvalue weighted by atomic mass is 10.0. The van der Waals surface area contributed by atoms with Crippen LogP contribution < -0.4 is 0 Å². The summed E-state index contributed by atoms with van der Waals surface area (Å²) in [6, 6.07) is 16.8. The molecule has 0 radical (unpaired) electrons. The first kappa shape index (κ1) is 16.0. The molecule has 0 aliphatic carbocycles. The summed E-state index contributed by atoms with van der Waals surface area (Å²) in [5.41, 5.74) is 7.77. The van der Waals surface area contributed by atoms with E-state index in [9.17, 15) is 0 Å². The van der Waals surface area contributed by atoms with Gasteiger partial charge >= 0.3 is 0 Å². The first-order valence-electron chi connectivity index (χ1n) is 8.22. The Bertz CT molecular complexity index is 1080. The van der Waals surface area contributed by atoms with Gasteiger partial charge in [-0.05, 0) is 73.4 Å². The normalized spacial score (nSPS) is 11.2. The van der Waals surface area contributed by atoms with Gasteiger partial charge in [0, 0.05) is 10.7 Å². The molecule has 0 aliphatic heterocycles. The number of halogens is 1. The van der Waals surface area contributed by atoms with Gasteiger partial charge in [0.15, 0.2) is 5.65 Å². The Morgan fingerprint density at radius 3 is 2.36 bits per heavy atom. The monoisotopic (exact) mass is 391 g/mol. The number of aromatic nitrogens is 3. The van der Waals surface area contributed by atoms with Crippen LogP contribution in [0.2, 0.25) is 0 Å². The zero-order chi connectivity index (χ0) is 17.6. The van der Waals surface area contributed by atoms with Gasteiger partial charge in [-0.25, -0.2) is 9.67 Å². The fourth-order valence-corrected chi connectivity index (χ4v) is 3.39. The number of hydrogen-bond donors (Lipinski definition) is 0. The van der Waals surface area contributed by atoms with Crippen LogP contribution in [-0.4, -0.2) is 14.8 Å². The Labute approximate surface area is 155 Å². The van der Waals surface area contributed by atoms with E-state index >= 15 is 0 Å². The summed E-state index contributed by atoms with van der Waals surface area (Å²) in [5.74, 6) is 0. The van der Waals surface area contributed by atoms with Crippen molar-refractivity contribution in [3.63, 3.8) is 0 Å². The highest BCUT2D eigenvalue weighted by Crippen LogP contribution is 2.31. The van der Waals surface area contributed by atoms with Crippen molar-refractivity contribution < 1.29 is 0 Å². The fraction of sp³-hybridized carbons (Fsp3) is 0.143. The molecule has 124 valence electrons. The molecule has 0 bridgehead atoms. The molecule has 0 amide bonds. The predicted molar refractivity (Wildman–Crippen MR) is 106 cm³/mol. The second-order valence-corrected chi connectivity index (χ2v) is 7.25. The van der Waals surface area contributed by atoms with Crippen LogP contribution in [0, 0.1) is 20.8 Å². The standard InChI is InChI=1S/C21H18BrN3/c1-13-4-9-18(12-14(13)2)25-21-20(15(3)24-25)19(10-11-23-21)16-5-7-17(22)8-6-16/h4-12H,1-3H3. The van der Waals surface area contributed by atoms with Crippen molar-refractivity contribution in [2.45, 2.75) is 20.8 Å². The molecule has 0 saturated carbocycles. The number of benzene rings is 2. The van der Waals surface area contributed by atoms with Gasteiger partial charge in [0.25, 0.3) is 0 Å². The molecule has 2 aromatic heterocycles. The van der Waals surface area contributed by atoms with Gasteiger partial charge in [0.05, 0.1) is 16.8 Å². The number of fused-ring (bicyclic) bond motifs is 1. The number of nitrogens with zero attached hydrogens (tertiary/aromatic N) is 3. The zero-order valence-electron chi connectivity index (χ0n) is 14.4. The van der Waals surface area contributed by atoms with Gasteiger partial charge in [-0.15, -0.1) is 0 Å². The predicted octanol–water partition coefficient (Wildman–Crippen LogP) is 5.78. The quantitative estimate of drug-likeness (QED) is 0.433. The molecule has 25 heavy (non-hydrogen) atoms. The van der Waals surface area contributed by atoms with E-state index in [-0.39, 0.29) is 0 Å². The SMILES string of the molecule is Cc1ccc(-n2nc(C)c3c(-c4ccc(Br)cc4)ccnc32)cc1C. The summed E-state index contributed by atoms with van der Waals surface area (Å²) >= 11 is 3.50. The van der Waals surface area contributed by atoms with Gasteiger partial charge in [-0.1, -0.05) is 34.1 Å². The van der Waals surface area contributed by atoms with Crippen molar-refractivity contribution in [2.24, 2.45) is 0 Å². The Morgan fingerprint density at radius 2 is 1.64 bits per heavy atom. The summed E-state index contributed by atoms with van der Waals surface area (Å²) in [4.78, 5) is 4.63. The summed E-state index contributed by atoms with van der Waals surface area (Å²) in [6.45, 7) is 6.29. The summed E-state index contributed by atoms with van der Waals surface area (Å²) in [6.07, 6.45) is 1.86. The summed E-state index contributed by atoms with van der Waals surface area (Å²) in [7, 11) is 0. The molecule has 3 nitrogen and oxygen atoms in total. The number of aryl methyl sites for hydroxylation is 3. The van der Waals surface area contributed by atoms with E-state index in [1.54, 1.807) is 0 Å². The maximum Gasteiger partial charge on any atom is 0.163 e. The van der Waals surface area contributed by atoms with Crippen molar-refractivity contribution in [2.75, 3.05) is 0 Å². The van der Waals surface area contributed by atoms with Gasteiger partial charge < -0.3 is 0 Å². The average Bonchev–Trinajstić information content (AvgIpc) is 2.95.